The van der Waals surface area contributed by atoms with Gasteiger partial charge in [0, 0.05) is 26.3 Å². The number of esters is 1. The molecule has 3 heterocycles. The van der Waals surface area contributed by atoms with Crippen LogP contribution >= 0.6 is 0 Å². The maximum Gasteiger partial charge on any atom is 0.343 e. The normalized spacial score (nSPS) is 15.9. The summed E-state index contributed by atoms with van der Waals surface area (Å²) < 4.78 is 17.7. The third-order valence-corrected chi connectivity index (χ3v) is 3.87. The van der Waals surface area contributed by atoms with E-state index >= 15 is 0 Å². The molecule has 7 heteroatoms. The first-order chi connectivity index (χ1) is 11.1. The van der Waals surface area contributed by atoms with Crippen LogP contribution in [0, 0.1) is 0 Å². The molecule has 124 valence electrons. The number of furan rings is 1. The first-order valence-electron chi connectivity index (χ1n) is 7.69. The lowest BCUT2D eigenvalue weighted by molar-refractivity contribution is 0.0315. The fourth-order valence-corrected chi connectivity index (χ4v) is 2.72. The van der Waals surface area contributed by atoms with Crippen LogP contribution in [-0.4, -0.2) is 48.3 Å². The molecule has 0 amide bonds. The summed E-state index contributed by atoms with van der Waals surface area (Å²) in [4.78, 5) is 26.6. The number of carbonyl (C=O) groups is 1. The zero-order valence-electron chi connectivity index (χ0n) is 13.3. The number of hydrogen-bond donors (Lipinski definition) is 0. The van der Waals surface area contributed by atoms with Gasteiger partial charge in [-0.25, -0.2) is 4.79 Å². The summed E-state index contributed by atoms with van der Waals surface area (Å²) in [6.45, 7) is 5.63. The first-order valence-corrected chi connectivity index (χ1v) is 7.69. The molecular weight excluding hydrogens is 300 g/mol. The molecule has 0 unspecified atom stereocenters. The van der Waals surface area contributed by atoms with Gasteiger partial charge in [-0.1, -0.05) is 0 Å². The van der Waals surface area contributed by atoms with E-state index in [1.165, 1.54) is 6.20 Å². The van der Waals surface area contributed by atoms with Crippen molar-refractivity contribution in [2.75, 3.05) is 32.9 Å². The molecule has 1 saturated heterocycles. The van der Waals surface area contributed by atoms with Crippen LogP contribution in [0.1, 0.15) is 23.0 Å². The van der Waals surface area contributed by atoms with E-state index in [1.54, 1.807) is 24.6 Å². The van der Waals surface area contributed by atoms with Crippen molar-refractivity contribution in [2.45, 2.75) is 13.5 Å². The molecule has 1 fully saturated rings. The molecule has 3 rings (SSSR count). The molecular formula is C16H20N2O5. The standard InChI is InChI=1S/C16H20N2O5/c1-3-22-16(20)13-10-17(2)15-12(14(13)19)8-11(23-15)9-18-4-6-21-7-5-18/h8,10H,3-7,9H2,1-2H3. The van der Waals surface area contributed by atoms with E-state index in [2.05, 4.69) is 4.90 Å². The molecule has 1 aliphatic rings. The minimum absolute atomic E-state index is 0.0283. The van der Waals surface area contributed by atoms with E-state index in [4.69, 9.17) is 13.9 Å². The van der Waals surface area contributed by atoms with E-state index in [9.17, 15) is 9.59 Å². The topological polar surface area (TPSA) is 73.9 Å². The number of morpholine rings is 1. The highest BCUT2D eigenvalue weighted by Crippen LogP contribution is 2.19. The Labute approximate surface area is 133 Å². The number of ether oxygens (including phenoxy) is 2. The second-order valence-electron chi connectivity index (χ2n) is 5.52. The minimum atomic E-state index is -0.606. The van der Waals surface area contributed by atoms with Crippen LogP contribution in [0.4, 0.5) is 0 Å². The molecule has 0 saturated carbocycles. The van der Waals surface area contributed by atoms with Gasteiger partial charge in [-0.05, 0) is 13.0 Å². The summed E-state index contributed by atoms with van der Waals surface area (Å²) in [5.41, 5.74) is 0.139. The number of hydrogen-bond acceptors (Lipinski definition) is 6. The monoisotopic (exact) mass is 320 g/mol. The number of carbonyl (C=O) groups excluding carboxylic acids is 1. The molecule has 0 N–H and O–H groups in total. The highest BCUT2D eigenvalue weighted by molar-refractivity contribution is 5.92. The van der Waals surface area contributed by atoms with Gasteiger partial charge in [-0.2, -0.15) is 0 Å². The van der Waals surface area contributed by atoms with E-state index in [-0.39, 0.29) is 17.6 Å². The maximum atomic E-state index is 12.5. The second kappa shape index (κ2) is 6.55. The van der Waals surface area contributed by atoms with Crippen molar-refractivity contribution in [1.82, 2.24) is 9.47 Å². The maximum absolute atomic E-state index is 12.5. The Balaban J connectivity index is 1.95. The highest BCUT2D eigenvalue weighted by Gasteiger charge is 2.20. The number of nitrogens with zero attached hydrogens (tertiary/aromatic N) is 2. The van der Waals surface area contributed by atoms with Crippen LogP contribution in [0.25, 0.3) is 11.1 Å². The summed E-state index contributed by atoms with van der Waals surface area (Å²) in [6, 6.07) is 1.72. The smallest absolute Gasteiger partial charge is 0.343 e. The summed E-state index contributed by atoms with van der Waals surface area (Å²) in [7, 11) is 1.74. The summed E-state index contributed by atoms with van der Waals surface area (Å²) >= 11 is 0. The minimum Gasteiger partial charge on any atom is -0.462 e. The van der Waals surface area contributed by atoms with Gasteiger partial charge in [-0.3, -0.25) is 9.69 Å². The average molecular weight is 320 g/mol. The lowest BCUT2D eigenvalue weighted by Gasteiger charge is -2.25. The first kappa shape index (κ1) is 15.8. The van der Waals surface area contributed by atoms with E-state index in [0.717, 1.165) is 13.1 Å². The van der Waals surface area contributed by atoms with Crippen LogP contribution < -0.4 is 5.43 Å². The number of rotatable bonds is 4. The molecule has 2 aromatic rings. The summed E-state index contributed by atoms with van der Waals surface area (Å²) in [5.74, 6) is 0.0986. The molecule has 23 heavy (non-hydrogen) atoms. The van der Waals surface area contributed by atoms with Crippen LogP contribution in [0.3, 0.4) is 0 Å². The van der Waals surface area contributed by atoms with Crippen molar-refractivity contribution in [1.29, 1.82) is 0 Å². The fraction of sp³-hybridized carbons (Fsp3) is 0.500. The van der Waals surface area contributed by atoms with Crippen molar-refractivity contribution in [3.63, 3.8) is 0 Å². The van der Waals surface area contributed by atoms with Gasteiger partial charge in [0.15, 0.2) is 0 Å². The summed E-state index contributed by atoms with van der Waals surface area (Å²) in [6.07, 6.45) is 1.46. The van der Waals surface area contributed by atoms with Gasteiger partial charge in [-0.15, -0.1) is 0 Å². The Morgan fingerprint density at radius 2 is 2.09 bits per heavy atom. The molecule has 7 nitrogen and oxygen atoms in total. The Hall–Kier alpha value is -2.12. The van der Waals surface area contributed by atoms with Gasteiger partial charge in [0.2, 0.25) is 11.1 Å². The Morgan fingerprint density at radius 1 is 1.35 bits per heavy atom. The van der Waals surface area contributed by atoms with Gasteiger partial charge in [0.1, 0.15) is 11.3 Å². The lowest BCUT2D eigenvalue weighted by atomic mass is 10.2. The summed E-state index contributed by atoms with van der Waals surface area (Å²) in [5, 5.41) is 0.404. The van der Waals surface area contributed by atoms with Gasteiger partial charge < -0.3 is 18.5 Å². The zero-order valence-corrected chi connectivity index (χ0v) is 13.3. The van der Waals surface area contributed by atoms with Crippen LogP contribution in [0.5, 0.6) is 0 Å². The van der Waals surface area contributed by atoms with Gasteiger partial charge >= 0.3 is 5.97 Å². The molecule has 1 aliphatic heterocycles. The zero-order chi connectivity index (χ0) is 16.4. The molecule has 0 radical (unpaired) electrons. The molecule has 0 spiro atoms. The molecule has 0 atom stereocenters. The Kier molecular flexibility index (Phi) is 4.49. The van der Waals surface area contributed by atoms with Crippen LogP contribution in [-0.2, 0) is 23.1 Å². The van der Waals surface area contributed by atoms with E-state index in [0.29, 0.717) is 36.6 Å². The third-order valence-electron chi connectivity index (χ3n) is 3.87. The molecule has 2 aromatic heterocycles. The number of fused-ring (bicyclic) bond motifs is 1. The van der Waals surface area contributed by atoms with Crippen molar-refractivity contribution < 1.29 is 18.7 Å². The molecule has 0 bridgehead atoms. The van der Waals surface area contributed by atoms with Gasteiger partial charge in [0.05, 0.1) is 31.8 Å². The third kappa shape index (κ3) is 3.16. The second-order valence-corrected chi connectivity index (χ2v) is 5.52. The van der Waals surface area contributed by atoms with Crippen molar-refractivity contribution in [3.05, 3.63) is 33.8 Å². The van der Waals surface area contributed by atoms with E-state index in [1.807, 2.05) is 0 Å². The fourth-order valence-electron chi connectivity index (χ4n) is 2.72. The van der Waals surface area contributed by atoms with Crippen molar-refractivity contribution in [3.8, 4) is 0 Å². The number of pyridine rings is 1. The predicted molar refractivity (Wildman–Crippen MR) is 83.5 cm³/mol. The Morgan fingerprint density at radius 3 is 2.78 bits per heavy atom. The highest BCUT2D eigenvalue weighted by atomic mass is 16.5. The Bertz CT molecular complexity index is 771. The van der Waals surface area contributed by atoms with Crippen molar-refractivity contribution >= 4 is 17.1 Å². The molecule has 0 aromatic carbocycles. The number of aromatic nitrogens is 1. The van der Waals surface area contributed by atoms with Crippen LogP contribution in [0.2, 0.25) is 0 Å². The largest absolute Gasteiger partial charge is 0.462 e. The lowest BCUT2D eigenvalue weighted by Crippen LogP contribution is -2.35. The van der Waals surface area contributed by atoms with Crippen LogP contribution in [0.15, 0.2) is 21.5 Å². The predicted octanol–water partition coefficient (Wildman–Crippen LogP) is 1.14. The average Bonchev–Trinajstić information content (AvgIpc) is 2.97. The van der Waals surface area contributed by atoms with E-state index < -0.39 is 5.97 Å². The van der Waals surface area contributed by atoms with Gasteiger partial charge in [0.25, 0.3) is 0 Å². The molecule has 0 aliphatic carbocycles. The number of aryl methyl sites for hydroxylation is 1. The quantitative estimate of drug-likeness (QED) is 0.787. The SMILES string of the molecule is CCOC(=O)c1cn(C)c2oc(CN3CCOCC3)cc2c1=O. The van der Waals surface area contributed by atoms with Crippen molar-refractivity contribution in [2.24, 2.45) is 7.05 Å².